The minimum Gasteiger partial charge on any atom is -0.398 e. The average Bonchev–Trinajstić information content (AvgIpc) is 2.89. The first-order chi connectivity index (χ1) is 18.7. The predicted molar refractivity (Wildman–Crippen MR) is 155 cm³/mol. The van der Waals surface area contributed by atoms with Crippen molar-refractivity contribution >= 4 is 40.7 Å². The number of H-pyrrole nitrogens is 1. The molecule has 0 atom stereocenters. The SMILES string of the molecule is Cc1ccc(Nc2nc(Nc3ccc(C)c(C)c3)nc(Sc3nnc(-c4ccccc4N)c(=O)[nH]3)n2)cc1C. The Labute approximate surface area is 229 Å². The molecule has 3 aromatic carbocycles. The van der Waals surface area contributed by atoms with Gasteiger partial charge in [0.05, 0.1) is 0 Å². The number of nitrogens with one attached hydrogen (secondary N) is 3. The lowest BCUT2D eigenvalue weighted by molar-refractivity contribution is 0.816. The molecule has 0 aliphatic rings. The molecular weight excluding hydrogens is 510 g/mol. The van der Waals surface area contributed by atoms with Gasteiger partial charge in [0.2, 0.25) is 17.1 Å². The minimum absolute atomic E-state index is 0.141. The van der Waals surface area contributed by atoms with E-state index in [-0.39, 0.29) is 10.9 Å². The van der Waals surface area contributed by atoms with Gasteiger partial charge in [0.25, 0.3) is 5.56 Å². The fourth-order valence-corrected chi connectivity index (χ4v) is 4.42. The van der Waals surface area contributed by atoms with Crippen LogP contribution in [-0.4, -0.2) is 30.1 Å². The maximum atomic E-state index is 12.8. The van der Waals surface area contributed by atoms with Crippen molar-refractivity contribution in [2.24, 2.45) is 0 Å². The molecule has 0 aliphatic heterocycles. The Morgan fingerprint density at radius 3 is 1.87 bits per heavy atom. The molecule has 5 N–H and O–H groups in total. The highest BCUT2D eigenvalue weighted by Gasteiger charge is 2.14. The topological polar surface area (TPSA) is 147 Å². The first-order valence-corrected chi connectivity index (χ1v) is 13.0. The van der Waals surface area contributed by atoms with Crippen LogP contribution in [0.4, 0.5) is 29.0 Å². The number of nitrogens with zero attached hydrogens (tertiary/aromatic N) is 5. The monoisotopic (exact) mass is 537 g/mol. The molecule has 196 valence electrons. The largest absolute Gasteiger partial charge is 0.398 e. The Balaban J connectivity index is 1.47. The molecule has 0 fully saturated rings. The van der Waals surface area contributed by atoms with Crippen LogP contribution in [0.2, 0.25) is 0 Å². The number of para-hydroxylation sites is 1. The van der Waals surface area contributed by atoms with Crippen LogP contribution in [0, 0.1) is 27.7 Å². The second kappa shape index (κ2) is 10.9. The first kappa shape index (κ1) is 25.9. The summed E-state index contributed by atoms with van der Waals surface area (Å²) in [5, 5.41) is 15.4. The van der Waals surface area contributed by atoms with Crippen LogP contribution in [0.25, 0.3) is 11.3 Å². The second-order valence-electron chi connectivity index (χ2n) is 9.11. The van der Waals surface area contributed by atoms with Gasteiger partial charge in [-0.2, -0.15) is 15.0 Å². The molecule has 0 saturated carbocycles. The van der Waals surface area contributed by atoms with Crippen molar-refractivity contribution in [2.45, 2.75) is 38.0 Å². The molecule has 2 heterocycles. The van der Waals surface area contributed by atoms with Gasteiger partial charge < -0.3 is 16.4 Å². The van der Waals surface area contributed by atoms with Crippen LogP contribution in [0.3, 0.4) is 0 Å². The summed E-state index contributed by atoms with van der Waals surface area (Å²) in [5.41, 5.74) is 13.0. The molecule has 0 unspecified atom stereocenters. The number of hydrogen-bond donors (Lipinski definition) is 4. The zero-order valence-electron chi connectivity index (χ0n) is 21.9. The molecule has 0 amide bonds. The second-order valence-corrected chi connectivity index (χ2v) is 10.1. The van der Waals surface area contributed by atoms with Crippen LogP contribution >= 0.6 is 11.8 Å². The number of rotatable bonds is 7. The molecular formula is C28H27N9OS. The molecule has 0 bridgehead atoms. The molecule has 11 heteroatoms. The standard InChI is InChI=1S/C28H27N9OS/c1-15-9-11-19(13-17(15)3)30-25-33-26(31-20-12-10-16(2)18(4)14-20)35-27(34-25)39-28-32-24(38)23(36-37-28)21-7-5-6-8-22(21)29/h5-14H,29H2,1-4H3,(H,32,37,38)(H2,30,31,33,34,35). The fraction of sp³-hybridized carbons (Fsp3) is 0.143. The third kappa shape index (κ3) is 6.04. The van der Waals surface area contributed by atoms with E-state index in [1.807, 2.05) is 50.2 Å². The van der Waals surface area contributed by atoms with E-state index in [1.165, 1.54) is 11.1 Å². The number of hydrogen-bond acceptors (Lipinski definition) is 10. The van der Waals surface area contributed by atoms with E-state index in [9.17, 15) is 4.79 Å². The molecule has 10 nitrogen and oxygen atoms in total. The third-order valence-electron chi connectivity index (χ3n) is 6.22. The van der Waals surface area contributed by atoms with E-state index in [0.29, 0.717) is 28.3 Å². The summed E-state index contributed by atoms with van der Waals surface area (Å²) < 4.78 is 0. The number of aromatic amines is 1. The van der Waals surface area contributed by atoms with Gasteiger partial charge in [-0.3, -0.25) is 9.78 Å². The highest BCUT2D eigenvalue weighted by atomic mass is 32.2. The summed E-state index contributed by atoms with van der Waals surface area (Å²) in [7, 11) is 0. The summed E-state index contributed by atoms with van der Waals surface area (Å²) in [4.78, 5) is 29.2. The van der Waals surface area contributed by atoms with Crippen molar-refractivity contribution in [1.29, 1.82) is 0 Å². The highest BCUT2D eigenvalue weighted by Crippen LogP contribution is 2.27. The number of anilines is 5. The van der Waals surface area contributed by atoms with Crippen molar-refractivity contribution < 1.29 is 0 Å². The van der Waals surface area contributed by atoms with E-state index in [0.717, 1.165) is 34.3 Å². The van der Waals surface area contributed by atoms with Crippen molar-refractivity contribution in [3.63, 3.8) is 0 Å². The van der Waals surface area contributed by atoms with Gasteiger partial charge in [-0.05, 0) is 92.0 Å². The maximum Gasteiger partial charge on any atom is 0.278 e. The van der Waals surface area contributed by atoms with E-state index < -0.39 is 5.56 Å². The minimum atomic E-state index is -0.415. The summed E-state index contributed by atoms with van der Waals surface area (Å²) >= 11 is 1.07. The van der Waals surface area contributed by atoms with Crippen molar-refractivity contribution in [3.05, 3.63) is 93.3 Å². The van der Waals surface area contributed by atoms with Gasteiger partial charge in [-0.15, -0.1) is 10.2 Å². The van der Waals surface area contributed by atoms with E-state index in [4.69, 9.17) is 5.73 Å². The Bertz CT molecular complexity index is 1660. The molecule has 0 aliphatic carbocycles. The van der Waals surface area contributed by atoms with Crippen LogP contribution in [0.15, 0.2) is 75.8 Å². The summed E-state index contributed by atoms with van der Waals surface area (Å²) in [6.45, 7) is 8.20. The summed E-state index contributed by atoms with van der Waals surface area (Å²) in [6.07, 6.45) is 0. The molecule has 5 aromatic rings. The van der Waals surface area contributed by atoms with Crippen LogP contribution in [0.5, 0.6) is 0 Å². The van der Waals surface area contributed by atoms with Gasteiger partial charge in [0.1, 0.15) is 0 Å². The van der Waals surface area contributed by atoms with Gasteiger partial charge in [0, 0.05) is 22.6 Å². The van der Waals surface area contributed by atoms with Crippen molar-refractivity contribution in [2.75, 3.05) is 16.4 Å². The number of nitrogen functional groups attached to an aromatic ring is 1. The van der Waals surface area contributed by atoms with Crippen LogP contribution in [-0.2, 0) is 0 Å². The van der Waals surface area contributed by atoms with Gasteiger partial charge in [-0.1, -0.05) is 30.3 Å². The molecule has 39 heavy (non-hydrogen) atoms. The Morgan fingerprint density at radius 1 is 0.744 bits per heavy atom. The predicted octanol–water partition coefficient (Wildman–Crippen LogP) is 5.47. The molecule has 0 radical (unpaired) electrons. The first-order valence-electron chi connectivity index (χ1n) is 12.2. The molecule has 0 spiro atoms. The van der Waals surface area contributed by atoms with Crippen molar-refractivity contribution in [3.8, 4) is 11.3 Å². The lowest BCUT2D eigenvalue weighted by atomic mass is 10.1. The average molecular weight is 538 g/mol. The van der Waals surface area contributed by atoms with Gasteiger partial charge in [-0.25, -0.2) is 0 Å². The number of aryl methyl sites for hydroxylation is 4. The van der Waals surface area contributed by atoms with E-state index in [2.05, 4.69) is 54.6 Å². The highest BCUT2D eigenvalue weighted by molar-refractivity contribution is 7.99. The number of aromatic nitrogens is 6. The summed E-state index contributed by atoms with van der Waals surface area (Å²) in [6, 6.07) is 19.1. The number of nitrogens with two attached hydrogens (primary N) is 1. The van der Waals surface area contributed by atoms with Crippen molar-refractivity contribution in [1.82, 2.24) is 30.1 Å². The normalized spacial score (nSPS) is 10.9. The Kier molecular flexibility index (Phi) is 7.24. The molecule has 2 aromatic heterocycles. The summed E-state index contributed by atoms with van der Waals surface area (Å²) in [5.74, 6) is 0.678. The van der Waals surface area contributed by atoms with Crippen LogP contribution in [0.1, 0.15) is 22.3 Å². The maximum absolute atomic E-state index is 12.8. The van der Waals surface area contributed by atoms with E-state index >= 15 is 0 Å². The Morgan fingerprint density at radius 2 is 1.33 bits per heavy atom. The quantitative estimate of drug-likeness (QED) is 0.197. The lowest BCUT2D eigenvalue weighted by Gasteiger charge is -2.12. The van der Waals surface area contributed by atoms with Crippen LogP contribution < -0.4 is 21.9 Å². The lowest BCUT2D eigenvalue weighted by Crippen LogP contribution is -2.15. The molecule has 5 rings (SSSR count). The van der Waals surface area contributed by atoms with E-state index in [1.54, 1.807) is 24.3 Å². The van der Waals surface area contributed by atoms with Gasteiger partial charge >= 0.3 is 0 Å². The Hall–Kier alpha value is -4.77. The zero-order valence-corrected chi connectivity index (χ0v) is 22.7. The zero-order chi connectivity index (χ0) is 27.5. The smallest absolute Gasteiger partial charge is 0.278 e. The molecule has 0 saturated heterocycles. The van der Waals surface area contributed by atoms with Gasteiger partial charge in [0.15, 0.2) is 10.9 Å². The number of benzene rings is 3. The fourth-order valence-electron chi connectivity index (χ4n) is 3.75. The third-order valence-corrected chi connectivity index (χ3v) is 6.96.